The fourth-order valence-corrected chi connectivity index (χ4v) is 2.58. The maximum Gasteiger partial charge on any atom is 0.137 e. The van der Waals surface area contributed by atoms with Crippen molar-refractivity contribution < 1.29 is 9.50 Å². The van der Waals surface area contributed by atoms with Crippen LogP contribution in [-0.2, 0) is 6.42 Å². The van der Waals surface area contributed by atoms with Gasteiger partial charge in [0.25, 0.3) is 0 Å². The summed E-state index contributed by atoms with van der Waals surface area (Å²) in [5.41, 5.74) is 2.68. The van der Waals surface area contributed by atoms with E-state index in [4.69, 9.17) is 0 Å². The summed E-state index contributed by atoms with van der Waals surface area (Å²) in [5.74, 6) is -0.343. The highest BCUT2D eigenvalue weighted by Gasteiger charge is 2.14. The third-order valence-electron chi connectivity index (χ3n) is 3.25. The second kappa shape index (κ2) is 5.87. The number of benzene rings is 2. The zero-order chi connectivity index (χ0) is 14.8. The van der Waals surface area contributed by atoms with Gasteiger partial charge >= 0.3 is 0 Å². The van der Waals surface area contributed by atoms with Crippen LogP contribution in [0.3, 0.4) is 0 Å². The summed E-state index contributed by atoms with van der Waals surface area (Å²) >= 11 is 3.20. The maximum absolute atomic E-state index is 13.5. The Morgan fingerprint density at radius 2 is 1.86 bits per heavy atom. The Kier molecular flexibility index (Phi) is 3.94. The van der Waals surface area contributed by atoms with Crippen molar-refractivity contribution in [3.8, 4) is 0 Å². The van der Waals surface area contributed by atoms with E-state index in [1.54, 1.807) is 18.3 Å². The monoisotopic (exact) mass is 346 g/mol. The molecule has 1 atom stereocenters. The van der Waals surface area contributed by atoms with E-state index in [0.717, 1.165) is 11.0 Å². The van der Waals surface area contributed by atoms with Gasteiger partial charge in [0.2, 0.25) is 0 Å². The SMILES string of the molecule is OC(Cc1cccc(F)c1Br)c1cnc2ccccc2n1. The van der Waals surface area contributed by atoms with E-state index >= 15 is 0 Å². The summed E-state index contributed by atoms with van der Waals surface area (Å²) < 4.78 is 13.9. The normalized spacial score (nSPS) is 12.5. The minimum absolute atomic E-state index is 0.269. The lowest BCUT2D eigenvalue weighted by molar-refractivity contribution is 0.173. The minimum Gasteiger partial charge on any atom is -0.386 e. The molecule has 5 heteroatoms. The molecule has 106 valence electrons. The van der Waals surface area contributed by atoms with Gasteiger partial charge in [-0.1, -0.05) is 24.3 Å². The summed E-state index contributed by atoms with van der Waals surface area (Å²) in [7, 11) is 0. The fraction of sp³-hybridized carbons (Fsp3) is 0.125. The van der Waals surface area contributed by atoms with Crippen molar-refractivity contribution in [2.45, 2.75) is 12.5 Å². The van der Waals surface area contributed by atoms with Crippen molar-refractivity contribution in [2.24, 2.45) is 0 Å². The molecule has 0 fully saturated rings. The summed E-state index contributed by atoms with van der Waals surface area (Å²) in [6.07, 6.45) is 0.992. The van der Waals surface area contributed by atoms with Crippen LogP contribution < -0.4 is 0 Å². The first kappa shape index (κ1) is 14.1. The molecule has 0 aliphatic heterocycles. The standard InChI is InChI=1S/C16H12BrFN2O/c17-16-10(4-3-5-11(16)18)8-15(21)14-9-19-12-6-1-2-7-13(12)20-14/h1-7,9,15,21H,8H2. The lowest BCUT2D eigenvalue weighted by atomic mass is 10.1. The Hall–Kier alpha value is -1.85. The summed E-state index contributed by atoms with van der Waals surface area (Å²) in [5, 5.41) is 10.3. The van der Waals surface area contributed by atoms with Crippen molar-refractivity contribution in [1.82, 2.24) is 9.97 Å². The van der Waals surface area contributed by atoms with Crippen LogP contribution in [0.4, 0.5) is 4.39 Å². The molecule has 0 amide bonds. The maximum atomic E-state index is 13.5. The Morgan fingerprint density at radius 1 is 1.10 bits per heavy atom. The number of nitrogens with zero attached hydrogens (tertiary/aromatic N) is 2. The first-order valence-corrected chi connectivity index (χ1v) is 7.27. The van der Waals surface area contributed by atoms with Crippen molar-refractivity contribution in [2.75, 3.05) is 0 Å². The predicted molar refractivity (Wildman–Crippen MR) is 82.3 cm³/mol. The number of fused-ring (bicyclic) bond motifs is 1. The number of aliphatic hydroxyl groups is 1. The van der Waals surface area contributed by atoms with Crippen molar-refractivity contribution in [1.29, 1.82) is 0 Å². The summed E-state index contributed by atoms with van der Waals surface area (Å²) in [6, 6.07) is 12.2. The van der Waals surface area contributed by atoms with Crippen molar-refractivity contribution in [3.63, 3.8) is 0 Å². The molecule has 0 radical (unpaired) electrons. The van der Waals surface area contributed by atoms with Crippen LogP contribution in [0.25, 0.3) is 11.0 Å². The number of para-hydroxylation sites is 2. The molecule has 0 aliphatic carbocycles. The van der Waals surface area contributed by atoms with E-state index in [1.165, 1.54) is 6.07 Å². The molecule has 3 nitrogen and oxygen atoms in total. The summed E-state index contributed by atoms with van der Waals surface area (Å²) in [4.78, 5) is 8.68. The number of hydrogen-bond acceptors (Lipinski definition) is 3. The van der Waals surface area contributed by atoms with Crippen molar-refractivity contribution in [3.05, 3.63) is 70.2 Å². The quantitative estimate of drug-likeness (QED) is 0.784. The number of rotatable bonds is 3. The van der Waals surface area contributed by atoms with Gasteiger partial charge in [-0.15, -0.1) is 0 Å². The number of aliphatic hydroxyl groups excluding tert-OH is 1. The van der Waals surface area contributed by atoms with Crippen LogP contribution in [-0.4, -0.2) is 15.1 Å². The van der Waals surface area contributed by atoms with Gasteiger partial charge in [0, 0.05) is 6.42 Å². The van der Waals surface area contributed by atoms with E-state index < -0.39 is 6.10 Å². The third kappa shape index (κ3) is 2.94. The molecule has 21 heavy (non-hydrogen) atoms. The van der Waals surface area contributed by atoms with Gasteiger partial charge in [-0.05, 0) is 39.7 Å². The van der Waals surface area contributed by atoms with Crippen LogP contribution >= 0.6 is 15.9 Å². The van der Waals surface area contributed by atoms with Gasteiger partial charge in [0.1, 0.15) is 11.9 Å². The van der Waals surface area contributed by atoms with E-state index in [0.29, 0.717) is 15.7 Å². The Balaban J connectivity index is 1.89. The van der Waals surface area contributed by atoms with Crippen LogP contribution in [0.5, 0.6) is 0 Å². The first-order valence-electron chi connectivity index (χ1n) is 6.48. The van der Waals surface area contributed by atoms with E-state index in [9.17, 15) is 9.50 Å². The third-order valence-corrected chi connectivity index (χ3v) is 4.14. The fourth-order valence-electron chi connectivity index (χ4n) is 2.15. The molecule has 1 heterocycles. The predicted octanol–water partition coefficient (Wildman–Crippen LogP) is 3.81. The van der Waals surface area contributed by atoms with Gasteiger partial charge in [0.05, 0.1) is 27.4 Å². The highest BCUT2D eigenvalue weighted by atomic mass is 79.9. The molecule has 1 N–H and O–H groups in total. The highest BCUT2D eigenvalue weighted by Crippen LogP contribution is 2.25. The molecule has 0 spiro atoms. The lowest BCUT2D eigenvalue weighted by Crippen LogP contribution is -2.06. The lowest BCUT2D eigenvalue weighted by Gasteiger charge is -2.12. The Morgan fingerprint density at radius 3 is 2.67 bits per heavy atom. The molecule has 1 aromatic heterocycles. The zero-order valence-electron chi connectivity index (χ0n) is 11.0. The topological polar surface area (TPSA) is 46.0 Å². The molecule has 2 aromatic carbocycles. The highest BCUT2D eigenvalue weighted by molar-refractivity contribution is 9.10. The zero-order valence-corrected chi connectivity index (χ0v) is 12.6. The molecule has 0 saturated heterocycles. The van der Waals surface area contributed by atoms with Gasteiger partial charge in [-0.25, -0.2) is 9.37 Å². The van der Waals surface area contributed by atoms with Gasteiger partial charge < -0.3 is 5.11 Å². The van der Waals surface area contributed by atoms with Crippen LogP contribution in [0, 0.1) is 5.82 Å². The second-order valence-electron chi connectivity index (χ2n) is 4.72. The molecule has 3 aromatic rings. The molecule has 0 aliphatic rings. The van der Waals surface area contributed by atoms with E-state index in [-0.39, 0.29) is 12.2 Å². The van der Waals surface area contributed by atoms with E-state index in [2.05, 4.69) is 25.9 Å². The largest absolute Gasteiger partial charge is 0.386 e. The van der Waals surface area contributed by atoms with Gasteiger partial charge in [-0.3, -0.25) is 4.98 Å². The van der Waals surface area contributed by atoms with E-state index in [1.807, 2.05) is 24.3 Å². The number of halogens is 2. The average Bonchev–Trinajstić information content (AvgIpc) is 2.51. The molecule has 1 unspecified atom stereocenters. The van der Waals surface area contributed by atoms with Gasteiger partial charge in [-0.2, -0.15) is 0 Å². The number of hydrogen-bond donors (Lipinski definition) is 1. The molecule has 3 rings (SSSR count). The van der Waals surface area contributed by atoms with Crippen LogP contribution in [0.15, 0.2) is 53.1 Å². The molecular weight excluding hydrogens is 335 g/mol. The second-order valence-corrected chi connectivity index (χ2v) is 5.51. The van der Waals surface area contributed by atoms with Crippen molar-refractivity contribution >= 4 is 27.0 Å². The molecular formula is C16H12BrFN2O. The van der Waals surface area contributed by atoms with Gasteiger partial charge in [0.15, 0.2) is 0 Å². The smallest absolute Gasteiger partial charge is 0.137 e. The van der Waals surface area contributed by atoms with Crippen LogP contribution in [0.1, 0.15) is 17.4 Å². The minimum atomic E-state index is -0.833. The van der Waals surface area contributed by atoms with Crippen LogP contribution in [0.2, 0.25) is 0 Å². The number of aromatic nitrogens is 2. The molecule has 0 saturated carbocycles. The molecule has 0 bridgehead atoms. The Bertz CT molecular complexity index is 794. The Labute approximate surface area is 129 Å². The first-order chi connectivity index (χ1) is 10.1. The average molecular weight is 347 g/mol. The summed E-state index contributed by atoms with van der Waals surface area (Å²) in [6.45, 7) is 0.